The number of aromatic nitrogens is 1. The summed E-state index contributed by atoms with van der Waals surface area (Å²) in [7, 11) is 0. The molecule has 0 atom stereocenters. The summed E-state index contributed by atoms with van der Waals surface area (Å²) in [4.78, 5) is 23.9. The van der Waals surface area contributed by atoms with Crippen LogP contribution in [0, 0.1) is 0 Å². The van der Waals surface area contributed by atoms with Crippen molar-refractivity contribution < 1.29 is 19.1 Å². The van der Waals surface area contributed by atoms with Gasteiger partial charge in [-0.1, -0.05) is 29.8 Å². The van der Waals surface area contributed by atoms with Crippen molar-refractivity contribution in [2.75, 3.05) is 6.61 Å². The summed E-state index contributed by atoms with van der Waals surface area (Å²) in [5.41, 5.74) is 2.03. The van der Waals surface area contributed by atoms with Gasteiger partial charge in [0.25, 0.3) is 0 Å². The van der Waals surface area contributed by atoms with E-state index in [1.54, 1.807) is 6.92 Å². The van der Waals surface area contributed by atoms with Crippen LogP contribution in [0.15, 0.2) is 36.5 Å². The zero-order chi connectivity index (χ0) is 20.7. The summed E-state index contributed by atoms with van der Waals surface area (Å²) < 4.78 is 12.3. The van der Waals surface area contributed by atoms with Crippen LogP contribution in [0.4, 0.5) is 4.79 Å². The maximum atomic E-state index is 12.0. The van der Waals surface area contributed by atoms with Gasteiger partial charge in [-0.05, 0) is 51.0 Å². The Hall–Kier alpha value is -2.47. The quantitative estimate of drug-likeness (QED) is 0.695. The van der Waals surface area contributed by atoms with Gasteiger partial charge in [0.05, 0.1) is 13.0 Å². The fourth-order valence-electron chi connectivity index (χ4n) is 2.67. The van der Waals surface area contributed by atoms with Gasteiger partial charge in [0.1, 0.15) is 5.60 Å². The standard InChI is InChI=1S/C21H27ClN2O4/c1-5-27-19(25)11-17-10-15(12-23-20(26)28-21(2,3)4)13-24(17)14-16-8-6-7-9-18(16)22/h6-10,13H,5,11-12,14H2,1-4H3,(H,23,26). The highest BCUT2D eigenvalue weighted by Crippen LogP contribution is 2.19. The Labute approximate surface area is 170 Å². The highest BCUT2D eigenvalue weighted by Gasteiger charge is 2.17. The molecule has 28 heavy (non-hydrogen) atoms. The van der Waals surface area contributed by atoms with Gasteiger partial charge in [0, 0.05) is 30.0 Å². The number of amides is 1. The zero-order valence-electron chi connectivity index (χ0n) is 16.8. The van der Waals surface area contributed by atoms with Crippen molar-refractivity contribution in [3.8, 4) is 0 Å². The van der Waals surface area contributed by atoms with Gasteiger partial charge in [0.2, 0.25) is 0 Å². The fourth-order valence-corrected chi connectivity index (χ4v) is 2.87. The highest BCUT2D eigenvalue weighted by molar-refractivity contribution is 6.31. The molecule has 0 aliphatic rings. The molecule has 0 aliphatic carbocycles. The first-order chi connectivity index (χ1) is 13.2. The lowest BCUT2D eigenvalue weighted by Gasteiger charge is -2.19. The van der Waals surface area contributed by atoms with Crippen LogP contribution in [0.25, 0.3) is 0 Å². The Morgan fingerprint density at radius 2 is 1.93 bits per heavy atom. The van der Waals surface area contributed by atoms with Gasteiger partial charge in [-0.2, -0.15) is 0 Å². The molecule has 0 fully saturated rings. The molecule has 7 heteroatoms. The van der Waals surface area contributed by atoms with Crippen LogP contribution in [-0.4, -0.2) is 28.8 Å². The Kier molecular flexibility index (Phi) is 7.52. The minimum atomic E-state index is -0.560. The smallest absolute Gasteiger partial charge is 0.407 e. The molecule has 1 N–H and O–H groups in total. The molecule has 152 valence electrons. The average Bonchev–Trinajstić information content (AvgIpc) is 2.95. The molecule has 0 aliphatic heterocycles. The molecular formula is C21H27ClN2O4. The maximum absolute atomic E-state index is 12.0. The van der Waals surface area contributed by atoms with Gasteiger partial charge in [-0.15, -0.1) is 0 Å². The van der Waals surface area contributed by atoms with E-state index in [0.29, 0.717) is 24.7 Å². The second-order valence-corrected chi connectivity index (χ2v) is 7.80. The normalized spacial score (nSPS) is 11.2. The minimum absolute atomic E-state index is 0.144. The number of ether oxygens (including phenoxy) is 2. The van der Waals surface area contributed by atoms with E-state index >= 15 is 0 Å². The number of carbonyl (C=O) groups is 2. The highest BCUT2D eigenvalue weighted by atomic mass is 35.5. The molecule has 0 unspecified atom stereocenters. The largest absolute Gasteiger partial charge is 0.466 e. The van der Waals surface area contributed by atoms with Crippen LogP contribution in [0.5, 0.6) is 0 Å². The zero-order valence-corrected chi connectivity index (χ0v) is 17.5. The number of hydrogen-bond donors (Lipinski definition) is 1. The number of nitrogens with zero attached hydrogens (tertiary/aromatic N) is 1. The van der Waals surface area contributed by atoms with Gasteiger partial charge in [-0.25, -0.2) is 4.79 Å². The Morgan fingerprint density at radius 3 is 2.57 bits per heavy atom. The third-order valence-electron chi connectivity index (χ3n) is 3.81. The fraction of sp³-hybridized carbons (Fsp3) is 0.429. The summed E-state index contributed by atoms with van der Waals surface area (Å²) in [5.74, 6) is -0.298. The number of carbonyl (C=O) groups excluding carboxylic acids is 2. The van der Waals surface area contributed by atoms with Crippen LogP contribution in [0.2, 0.25) is 5.02 Å². The number of rotatable bonds is 7. The monoisotopic (exact) mass is 406 g/mol. The molecule has 1 heterocycles. The molecule has 0 bridgehead atoms. The van der Waals surface area contributed by atoms with Crippen molar-refractivity contribution >= 4 is 23.7 Å². The van der Waals surface area contributed by atoms with E-state index in [1.807, 2.05) is 61.9 Å². The molecule has 6 nitrogen and oxygen atoms in total. The number of benzene rings is 1. The minimum Gasteiger partial charge on any atom is -0.466 e. The third kappa shape index (κ3) is 6.93. The van der Waals surface area contributed by atoms with E-state index in [0.717, 1.165) is 16.8 Å². The van der Waals surface area contributed by atoms with E-state index in [4.69, 9.17) is 21.1 Å². The molecule has 0 saturated heterocycles. The summed E-state index contributed by atoms with van der Waals surface area (Å²) in [6.45, 7) is 8.34. The molecule has 0 radical (unpaired) electrons. The average molecular weight is 407 g/mol. The lowest BCUT2D eigenvalue weighted by atomic mass is 10.2. The van der Waals surface area contributed by atoms with E-state index in [2.05, 4.69) is 5.32 Å². The molecule has 0 spiro atoms. The van der Waals surface area contributed by atoms with Gasteiger partial charge < -0.3 is 19.4 Å². The number of halogens is 1. The van der Waals surface area contributed by atoms with Crippen LogP contribution < -0.4 is 5.32 Å². The second kappa shape index (κ2) is 9.64. The van der Waals surface area contributed by atoms with E-state index < -0.39 is 11.7 Å². The summed E-state index contributed by atoms with van der Waals surface area (Å²) in [6, 6.07) is 9.44. The lowest BCUT2D eigenvalue weighted by molar-refractivity contribution is -0.142. The van der Waals surface area contributed by atoms with Crippen LogP contribution in [0.3, 0.4) is 0 Å². The molecule has 1 aromatic heterocycles. The van der Waals surface area contributed by atoms with Crippen LogP contribution in [0.1, 0.15) is 44.5 Å². The first-order valence-electron chi connectivity index (χ1n) is 9.21. The molecule has 1 aromatic carbocycles. The summed E-state index contributed by atoms with van der Waals surface area (Å²) >= 11 is 6.27. The predicted octanol–water partition coefficient (Wildman–Crippen LogP) is 4.32. The Morgan fingerprint density at radius 1 is 1.21 bits per heavy atom. The van der Waals surface area contributed by atoms with Crippen molar-refractivity contribution in [2.45, 2.75) is 52.8 Å². The Bertz CT molecular complexity index is 824. The van der Waals surface area contributed by atoms with Crippen LogP contribution >= 0.6 is 11.6 Å². The van der Waals surface area contributed by atoms with Crippen molar-refractivity contribution in [2.24, 2.45) is 0 Å². The molecule has 0 saturated carbocycles. The SMILES string of the molecule is CCOC(=O)Cc1cc(CNC(=O)OC(C)(C)C)cn1Cc1ccccc1Cl. The third-order valence-corrected chi connectivity index (χ3v) is 4.18. The summed E-state index contributed by atoms with van der Waals surface area (Å²) in [6.07, 6.45) is 1.55. The molecule has 1 amide bonds. The second-order valence-electron chi connectivity index (χ2n) is 7.40. The van der Waals surface area contributed by atoms with Crippen molar-refractivity contribution in [1.82, 2.24) is 9.88 Å². The molecule has 2 rings (SSSR count). The number of nitrogens with one attached hydrogen (secondary N) is 1. The lowest BCUT2D eigenvalue weighted by Crippen LogP contribution is -2.32. The first kappa shape index (κ1) is 21.8. The number of esters is 1. The van der Waals surface area contributed by atoms with Gasteiger partial charge in [0.15, 0.2) is 0 Å². The Balaban J connectivity index is 2.16. The van der Waals surface area contributed by atoms with E-state index in [-0.39, 0.29) is 12.4 Å². The van der Waals surface area contributed by atoms with Gasteiger partial charge >= 0.3 is 12.1 Å². The van der Waals surface area contributed by atoms with Crippen molar-refractivity contribution in [3.05, 3.63) is 58.4 Å². The molecular weight excluding hydrogens is 380 g/mol. The van der Waals surface area contributed by atoms with Crippen molar-refractivity contribution in [3.63, 3.8) is 0 Å². The van der Waals surface area contributed by atoms with E-state index in [9.17, 15) is 9.59 Å². The summed E-state index contributed by atoms with van der Waals surface area (Å²) in [5, 5.41) is 3.39. The maximum Gasteiger partial charge on any atom is 0.407 e. The van der Waals surface area contributed by atoms with Crippen molar-refractivity contribution in [1.29, 1.82) is 0 Å². The van der Waals surface area contributed by atoms with Crippen LogP contribution in [-0.2, 0) is 33.8 Å². The van der Waals surface area contributed by atoms with Gasteiger partial charge in [-0.3, -0.25) is 4.79 Å². The predicted molar refractivity (Wildman–Crippen MR) is 108 cm³/mol. The topological polar surface area (TPSA) is 69.6 Å². The number of hydrogen-bond acceptors (Lipinski definition) is 4. The molecule has 2 aromatic rings. The first-order valence-corrected chi connectivity index (χ1v) is 9.59. The number of alkyl carbamates (subject to hydrolysis) is 1. The van der Waals surface area contributed by atoms with E-state index in [1.165, 1.54) is 0 Å².